The van der Waals surface area contributed by atoms with Crippen LogP contribution in [0.5, 0.6) is 0 Å². The van der Waals surface area contributed by atoms with Crippen LogP contribution in [-0.4, -0.2) is 32.7 Å². The Morgan fingerprint density at radius 3 is 2.86 bits per heavy atom. The van der Waals surface area contributed by atoms with Crippen LogP contribution in [0, 0.1) is 6.92 Å². The zero-order chi connectivity index (χ0) is 20.2. The molecule has 0 aliphatic rings. The van der Waals surface area contributed by atoms with Gasteiger partial charge >= 0.3 is 5.97 Å². The van der Waals surface area contributed by atoms with Crippen LogP contribution < -0.4 is 5.32 Å². The van der Waals surface area contributed by atoms with Crippen LogP contribution in [0.1, 0.15) is 22.8 Å². The highest BCUT2D eigenvalue weighted by molar-refractivity contribution is 7.22. The molecule has 1 N–H and O–H groups in total. The summed E-state index contributed by atoms with van der Waals surface area (Å²) in [6, 6.07) is 11.8. The van der Waals surface area contributed by atoms with Gasteiger partial charge in [0.1, 0.15) is 5.56 Å². The van der Waals surface area contributed by atoms with Gasteiger partial charge in [0.2, 0.25) is 5.13 Å². The lowest BCUT2D eigenvalue weighted by Gasteiger charge is -2.10. The largest absolute Gasteiger partial charge is 0.462 e. The molecule has 0 unspecified atom stereocenters. The standard InChI is InChI=1S/C20H17N5O2S2/c1-3-27-19(26)14-11-21-16(13-7-4-6-12(2)10-13)22-17(14)23-20-25-24-18(29-20)15-8-5-9-28-15/h4-11H,3H2,1-2H3,(H,21,22,23,25). The Kier molecular flexibility index (Phi) is 5.59. The van der Waals surface area contributed by atoms with Crippen LogP contribution in [0.2, 0.25) is 0 Å². The molecule has 0 atom stereocenters. The first kappa shape index (κ1) is 19.2. The lowest BCUT2D eigenvalue weighted by Crippen LogP contribution is -2.11. The minimum atomic E-state index is -0.492. The van der Waals surface area contributed by atoms with E-state index in [4.69, 9.17) is 4.74 Å². The Morgan fingerprint density at radius 1 is 1.21 bits per heavy atom. The van der Waals surface area contributed by atoms with E-state index in [0.29, 0.717) is 16.8 Å². The summed E-state index contributed by atoms with van der Waals surface area (Å²) >= 11 is 2.98. The molecule has 4 rings (SSSR count). The Balaban J connectivity index is 1.70. The van der Waals surface area contributed by atoms with Crippen LogP contribution in [-0.2, 0) is 4.74 Å². The molecule has 0 saturated carbocycles. The Morgan fingerprint density at radius 2 is 2.10 bits per heavy atom. The van der Waals surface area contributed by atoms with Crippen molar-refractivity contribution in [2.45, 2.75) is 13.8 Å². The monoisotopic (exact) mass is 423 g/mol. The van der Waals surface area contributed by atoms with Gasteiger partial charge in [-0.15, -0.1) is 21.5 Å². The summed E-state index contributed by atoms with van der Waals surface area (Å²) < 4.78 is 5.15. The van der Waals surface area contributed by atoms with E-state index in [1.165, 1.54) is 17.5 Å². The molecule has 29 heavy (non-hydrogen) atoms. The number of thiophene rings is 1. The molecule has 0 aliphatic heterocycles. The van der Waals surface area contributed by atoms with Gasteiger partial charge in [-0.2, -0.15) is 0 Å². The molecule has 0 radical (unpaired) electrons. The van der Waals surface area contributed by atoms with E-state index < -0.39 is 5.97 Å². The minimum absolute atomic E-state index is 0.246. The van der Waals surface area contributed by atoms with Crippen LogP contribution >= 0.6 is 22.7 Å². The second-order valence-corrected chi connectivity index (χ2v) is 7.99. The van der Waals surface area contributed by atoms with Crippen molar-refractivity contribution in [1.29, 1.82) is 0 Å². The maximum atomic E-state index is 12.4. The Bertz CT molecular complexity index is 1140. The average molecular weight is 424 g/mol. The van der Waals surface area contributed by atoms with Crippen molar-refractivity contribution in [2.75, 3.05) is 11.9 Å². The van der Waals surface area contributed by atoms with Crippen molar-refractivity contribution < 1.29 is 9.53 Å². The molecule has 0 fully saturated rings. The number of nitrogens with zero attached hydrogens (tertiary/aromatic N) is 4. The highest BCUT2D eigenvalue weighted by Gasteiger charge is 2.18. The maximum absolute atomic E-state index is 12.4. The van der Waals surface area contributed by atoms with E-state index in [1.54, 1.807) is 18.3 Å². The quantitative estimate of drug-likeness (QED) is 0.439. The van der Waals surface area contributed by atoms with E-state index in [0.717, 1.165) is 21.0 Å². The summed E-state index contributed by atoms with van der Waals surface area (Å²) in [6.45, 7) is 4.02. The molecule has 7 nitrogen and oxygen atoms in total. The van der Waals surface area contributed by atoms with Gasteiger partial charge in [-0.05, 0) is 31.4 Å². The first-order valence-corrected chi connectivity index (χ1v) is 10.6. The fourth-order valence-corrected chi connectivity index (χ4v) is 4.17. The minimum Gasteiger partial charge on any atom is -0.462 e. The number of carbonyl (C=O) groups is 1. The van der Waals surface area contributed by atoms with Gasteiger partial charge in [0.25, 0.3) is 0 Å². The third-order valence-electron chi connectivity index (χ3n) is 3.94. The molecular formula is C20H17N5O2S2. The van der Waals surface area contributed by atoms with E-state index in [2.05, 4.69) is 25.5 Å². The molecule has 3 aromatic heterocycles. The topological polar surface area (TPSA) is 89.9 Å². The SMILES string of the molecule is CCOC(=O)c1cnc(-c2cccc(C)c2)nc1Nc1nnc(-c2cccs2)s1. The number of aryl methyl sites for hydroxylation is 1. The van der Waals surface area contributed by atoms with E-state index in [1.807, 2.05) is 48.7 Å². The zero-order valence-corrected chi connectivity index (χ0v) is 17.4. The van der Waals surface area contributed by atoms with Crippen molar-refractivity contribution in [2.24, 2.45) is 0 Å². The third-order valence-corrected chi connectivity index (χ3v) is 5.82. The number of aromatic nitrogens is 4. The Labute approximate surface area is 175 Å². The number of anilines is 2. The van der Waals surface area contributed by atoms with Crippen molar-refractivity contribution in [3.05, 3.63) is 59.1 Å². The van der Waals surface area contributed by atoms with E-state index in [-0.39, 0.29) is 12.2 Å². The predicted molar refractivity (Wildman–Crippen MR) is 115 cm³/mol. The molecule has 1 aromatic carbocycles. The van der Waals surface area contributed by atoms with Crippen LogP contribution in [0.15, 0.2) is 48.0 Å². The molecule has 4 aromatic rings. The highest BCUT2D eigenvalue weighted by Crippen LogP contribution is 2.32. The zero-order valence-electron chi connectivity index (χ0n) is 15.7. The summed E-state index contributed by atoms with van der Waals surface area (Å²) in [7, 11) is 0. The molecule has 146 valence electrons. The first-order chi connectivity index (χ1) is 14.1. The van der Waals surface area contributed by atoms with Gasteiger partial charge in [0.15, 0.2) is 16.6 Å². The lowest BCUT2D eigenvalue weighted by atomic mass is 10.1. The fourth-order valence-electron chi connectivity index (χ4n) is 2.63. The second-order valence-electron chi connectivity index (χ2n) is 6.06. The third kappa shape index (κ3) is 4.30. The van der Waals surface area contributed by atoms with E-state index in [9.17, 15) is 4.79 Å². The maximum Gasteiger partial charge on any atom is 0.343 e. The number of benzene rings is 1. The average Bonchev–Trinajstić information content (AvgIpc) is 3.40. The van der Waals surface area contributed by atoms with Crippen LogP contribution in [0.25, 0.3) is 21.3 Å². The number of esters is 1. The van der Waals surface area contributed by atoms with Gasteiger partial charge < -0.3 is 10.1 Å². The molecule has 9 heteroatoms. The molecule has 0 spiro atoms. The van der Waals surface area contributed by atoms with Gasteiger partial charge in [0, 0.05) is 11.8 Å². The van der Waals surface area contributed by atoms with Crippen LogP contribution in [0.4, 0.5) is 10.9 Å². The molecule has 0 aliphatic carbocycles. The van der Waals surface area contributed by atoms with Crippen molar-refractivity contribution in [3.63, 3.8) is 0 Å². The molecule has 0 bridgehead atoms. The lowest BCUT2D eigenvalue weighted by molar-refractivity contribution is 0.0526. The molecule has 3 heterocycles. The number of nitrogens with one attached hydrogen (secondary N) is 1. The molecular weight excluding hydrogens is 406 g/mol. The summed E-state index contributed by atoms with van der Waals surface area (Å²) in [4.78, 5) is 22.3. The van der Waals surface area contributed by atoms with Gasteiger partial charge in [-0.1, -0.05) is 41.2 Å². The number of hydrogen-bond donors (Lipinski definition) is 1. The van der Waals surface area contributed by atoms with Gasteiger partial charge in [-0.3, -0.25) is 0 Å². The number of carbonyl (C=O) groups excluding carboxylic acids is 1. The van der Waals surface area contributed by atoms with Crippen molar-refractivity contribution in [3.8, 4) is 21.3 Å². The normalized spacial score (nSPS) is 10.7. The van der Waals surface area contributed by atoms with Crippen molar-refractivity contribution in [1.82, 2.24) is 20.2 Å². The van der Waals surface area contributed by atoms with Crippen LogP contribution in [0.3, 0.4) is 0 Å². The smallest absolute Gasteiger partial charge is 0.343 e. The summed E-state index contributed by atoms with van der Waals surface area (Å²) in [6.07, 6.45) is 1.48. The van der Waals surface area contributed by atoms with Gasteiger partial charge in [0.05, 0.1) is 11.5 Å². The predicted octanol–water partition coefficient (Wildman–Crippen LogP) is 4.95. The molecule has 0 amide bonds. The van der Waals surface area contributed by atoms with Crippen molar-refractivity contribution >= 4 is 39.6 Å². The number of rotatable bonds is 6. The fraction of sp³-hybridized carbons (Fsp3) is 0.150. The molecule has 0 saturated heterocycles. The second kappa shape index (κ2) is 8.46. The summed E-state index contributed by atoms with van der Waals surface area (Å²) in [5.41, 5.74) is 2.20. The van der Waals surface area contributed by atoms with Gasteiger partial charge in [-0.25, -0.2) is 14.8 Å². The number of hydrogen-bond acceptors (Lipinski definition) is 9. The van der Waals surface area contributed by atoms with E-state index >= 15 is 0 Å². The first-order valence-electron chi connectivity index (χ1n) is 8.89. The summed E-state index contributed by atoms with van der Waals surface area (Å²) in [5, 5.41) is 14.8. The number of ether oxygens (including phenoxy) is 1. The highest BCUT2D eigenvalue weighted by atomic mass is 32.1. The Hall–Kier alpha value is -3.17. The summed E-state index contributed by atoms with van der Waals surface area (Å²) in [5.74, 6) is 0.352.